The molecule has 3 aromatic rings. The molecule has 1 aromatic carbocycles. The Balaban J connectivity index is 1.76. The highest BCUT2D eigenvalue weighted by atomic mass is 35.5. The average Bonchev–Trinajstić information content (AvgIpc) is 3.16. The molecule has 1 amide bonds. The summed E-state index contributed by atoms with van der Waals surface area (Å²) in [6.07, 6.45) is 3.02. The van der Waals surface area contributed by atoms with E-state index in [4.69, 9.17) is 26.3 Å². The van der Waals surface area contributed by atoms with Crippen molar-refractivity contribution in [3.8, 4) is 11.5 Å². The molecule has 0 aliphatic carbocycles. The molecule has 2 heterocycles. The van der Waals surface area contributed by atoms with Gasteiger partial charge in [-0.05, 0) is 24.3 Å². The number of carbonyl (C=O) groups is 1. The average molecular weight is 319 g/mol. The first kappa shape index (κ1) is 14.2. The molecule has 2 aromatic heterocycles. The van der Waals surface area contributed by atoms with Crippen LogP contribution in [0.4, 0.5) is 5.69 Å². The summed E-state index contributed by atoms with van der Waals surface area (Å²) in [5.41, 5.74) is 6.86. The molecular weight excluding hydrogens is 308 g/mol. The number of rotatable bonds is 5. The van der Waals surface area contributed by atoms with Crippen molar-refractivity contribution in [2.75, 3.05) is 5.32 Å². The van der Waals surface area contributed by atoms with E-state index in [1.807, 2.05) is 0 Å². The fourth-order valence-corrected chi connectivity index (χ4v) is 2.05. The highest BCUT2D eigenvalue weighted by Crippen LogP contribution is 2.22. The summed E-state index contributed by atoms with van der Waals surface area (Å²) < 4.78 is 10.1. The van der Waals surface area contributed by atoms with E-state index in [1.165, 1.54) is 12.5 Å². The first-order chi connectivity index (χ1) is 10.6. The number of anilines is 1. The van der Waals surface area contributed by atoms with Crippen LogP contribution in [0.3, 0.4) is 0 Å². The van der Waals surface area contributed by atoms with Crippen molar-refractivity contribution in [3.63, 3.8) is 0 Å². The molecule has 0 spiro atoms. The third kappa shape index (κ3) is 2.94. The molecule has 0 bridgehead atoms. The summed E-state index contributed by atoms with van der Waals surface area (Å²) in [5, 5.41) is 7.35. The minimum absolute atomic E-state index is 0.252. The first-order valence-corrected chi connectivity index (χ1v) is 6.69. The largest absolute Gasteiger partial charge is 0.472 e. The molecule has 0 fully saturated rings. The van der Waals surface area contributed by atoms with Gasteiger partial charge in [-0.25, -0.2) is 0 Å². The second-order valence-corrected chi connectivity index (χ2v) is 4.87. The zero-order valence-electron chi connectivity index (χ0n) is 11.2. The van der Waals surface area contributed by atoms with Crippen LogP contribution in [-0.4, -0.2) is 16.0 Å². The molecule has 3 rings (SSSR count). The van der Waals surface area contributed by atoms with Crippen molar-refractivity contribution in [1.29, 1.82) is 0 Å². The van der Waals surface area contributed by atoms with Gasteiger partial charge in [-0.2, -0.15) is 4.98 Å². The SMILES string of the molecule is NC(=O)c1ccc(Cl)cc1NCc1noc(-c2ccoc2)n1. The summed E-state index contributed by atoms with van der Waals surface area (Å²) in [7, 11) is 0. The minimum Gasteiger partial charge on any atom is -0.472 e. The molecule has 7 nitrogen and oxygen atoms in total. The molecule has 0 saturated carbocycles. The Morgan fingerprint density at radius 2 is 2.23 bits per heavy atom. The molecule has 0 aliphatic heterocycles. The predicted octanol–water partition coefficient (Wildman–Crippen LogP) is 2.69. The standard InChI is InChI=1S/C14H11ClN4O3/c15-9-1-2-10(13(16)20)11(5-9)17-6-12-18-14(22-19-12)8-3-4-21-7-8/h1-5,7,17H,6H2,(H2,16,20). The number of hydrogen-bond acceptors (Lipinski definition) is 6. The van der Waals surface area contributed by atoms with Crippen LogP contribution in [0.25, 0.3) is 11.5 Å². The Kier molecular flexibility index (Phi) is 3.80. The van der Waals surface area contributed by atoms with Crippen LogP contribution in [0.2, 0.25) is 5.02 Å². The van der Waals surface area contributed by atoms with E-state index in [0.717, 1.165) is 0 Å². The zero-order chi connectivity index (χ0) is 15.5. The fraction of sp³-hybridized carbons (Fsp3) is 0.0714. The van der Waals surface area contributed by atoms with E-state index in [9.17, 15) is 4.79 Å². The quantitative estimate of drug-likeness (QED) is 0.749. The summed E-state index contributed by atoms with van der Waals surface area (Å²) >= 11 is 5.92. The Morgan fingerprint density at radius 1 is 1.36 bits per heavy atom. The van der Waals surface area contributed by atoms with Gasteiger partial charge >= 0.3 is 0 Å². The maximum atomic E-state index is 11.4. The second kappa shape index (κ2) is 5.90. The Labute approximate surface area is 130 Å². The number of furan rings is 1. The minimum atomic E-state index is -0.550. The highest BCUT2D eigenvalue weighted by molar-refractivity contribution is 6.31. The summed E-state index contributed by atoms with van der Waals surface area (Å²) in [5.74, 6) is 0.227. The molecule has 0 atom stereocenters. The van der Waals surface area contributed by atoms with Crippen LogP contribution in [0, 0.1) is 0 Å². The van der Waals surface area contributed by atoms with E-state index in [0.29, 0.717) is 33.6 Å². The van der Waals surface area contributed by atoms with Crippen LogP contribution >= 0.6 is 11.6 Å². The maximum absolute atomic E-state index is 11.4. The molecular formula is C14H11ClN4O3. The van der Waals surface area contributed by atoms with E-state index in [-0.39, 0.29) is 6.54 Å². The fourth-order valence-electron chi connectivity index (χ4n) is 1.88. The van der Waals surface area contributed by atoms with E-state index in [1.54, 1.807) is 24.3 Å². The zero-order valence-corrected chi connectivity index (χ0v) is 12.0. The third-order valence-electron chi connectivity index (χ3n) is 2.92. The maximum Gasteiger partial charge on any atom is 0.261 e. The molecule has 112 valence electrons. The monoisotopic (exact) mass is 318 g/mol. The number of nitrogens with zero attached hydrogens (tertiary/aromatic N) is 2. The Morgan fingerprint density at radius 3 is 2.95 bits per heavy atom. The van der Waals surface area contributed by atoms with Crippen LogP contribution in [0.15, 0.2) is 45.7 Å². The smallest absolute Gasteiger partial charge is 0.261 e. The molecule has 22 heavy (non-hydrogen) atoms. The number of primary amides is 1. The van der Waals surface area contributed by atoms with Crippen molar-refractivity contribution in [1.82, 2.24) is 10.1 Å². The van der Waals surface area contributed by atoms with Gasteiger partial charge in [0.2, 0.25) is 0 Å². The van der Waals surface area contributed by atoms with Crippen LogP contribution in [-0.2, 0) is 6.54 Å². The molecule has 8 heteroatoms. The van der Waals surface area contributed by atoms with Gasteiger partial charge < -0.3 is 20.0 Å². The number of amides is 1. The third-order valence-corrected chi connectivity index (χ3v) is 3.16. The van der Waals surface area contributed by atoms with E-state index in [2.05, 4.69) is 15.5 Å². The van der Waals surface area contributed by atoms with Gasteiger partial charge in [-0.15, -0.1) is 0 Å². The lowest BCUT2D eigenvalue weighted by Gasteiger charge is -2.08. The van der Waals surface area contributed by atoms with Gasteiger partial charge in [0.25, 0.3) is 11.8 Å². The topological polar surface area (TPSA) is 107 Å². The van der Waals surface area contributed by atoms with Crippen LogP contribution in [0.1, 0.15) is 16.2 Å². The molecule has 0 unspecified atom stereocenters. The molecule has 3 N–H and O–H groups in total. The summed E-state index contributed by atoms with van der Waals surface area (Å²) in [6, 6.07) is 6.48. The number of nitrogens with one attached hydrogen (secondary N) is 1. The first-order valence-electron chi connectivity index (χ1n) is 6.32. The highest BCUT2D eigenvalue weighted by Gasteiger charge is 2.12. The lowest BCUT2D eigenvalue weighted by atomic mass is 10.1. The van der Waals surface area contributed by atoms with Crippen molar-refractivity contribution >= 4 is 23.2 Å². The number of nitrogens with two attached hydrogens (primary N) is 1. The number of carbonyl (C=O) groups excluding carboxylic acids is 1. The molecule has 0 saturated heterocycles. The number of hydrogen-bond donors (Lipinski definition) is 2. The van der Waals surface area contributed by atoms with Crippen LogP contribution < -0.4 is 11.1 Å². The molecule has 0 radical (unpaired) electrons. The van der Waals surface area contributed by atoms with Gasteiger partial charge in [0.15, 0.2) is 5.82 Å². The summed E-state index contributed by atoms with van der Waals surface area (Å²) in [6.45, 7) is 0.252. The predicted molar refractivity (Wildman–Crippen MR) is 79.3 cm³/mol. The lowest BCUT2D eigenvalue weighted by molar-refractivity contribution is 0.100. The van der Waals surface area contributed by atoms with E-state index < -0.39 is 5.91 Å². The Bertz CT molecular complexity index is 798. The van der Waals surface area contributed by atoms with Gasteiger partial charge in [0.05, 0.1) is 23.9 Å². The lowest BCUT2D eigenvalue weighted by Crippen LogP contribution is -2.14. The van der Waals surface area contributed by atoms with Gasteiger partial charge in [-0.3, -0.25) is 4.79 Å². The normalized spacial score (nSPS) is 10.6. The molecule has 0 aliphatic rings. The van der Waals surface area contributed by atoms with Crippen molar-refractivity contribution < 1.29 is 13.7 Å². The van der Waals surface area contributed by atoms with Gasteiger partial charge in [0.1, 0.15) is 6.26 Å². The number of benzene rings is 1. The Hall–Kier alpha value is -2.80. The number of aromatic nitrogens is 2. The van der Waals surface area contributed by atoms with Crippen LogP contribution in [0.5, 0.6) is 0 Å². The number of halogens is 1. The van der Waals surface area contributed by atoms with E-state index >= 15 is 0 Å². The van der Waals surface area contributed by atoms with Gasteiger partial charge in [0, 0.05) is 10.7 Å². The summed E-state index contributed by atoms with van der Waals surface area (Å²) in [4.78, 5) is 15.6. The van der Waals surface area contributed by atoms with Gasteiger partial charge in [-0.1, -0.05) is 16.8 Å². The van der Waals surface area contributed by atoms with Crippen molar-refractivity contribution in [2.24, 2.45) is 5.73 Å². The second-order valence-electron chi connectivity index (χ2n) is 4.44. The van der Waals surface area contributed by atoms with Crippen molar-refractivity contribution in [2.45, 2.75) is 6.54 Å². The van der Waals surface area contributed by atoms with Crippen molar-refractivity contribution in [3.05, 3.63) is 53.2 Å².